The summed E-state index contributed by atoms with van der Waals surface area (Å²) in [6, 6.07) is 8.39. The summed E-state index contributed by atoms with van der Waals surface area (Å²) < 4.78 is 5.12. The first-order valence-corrected chi connectivity index (χ1v) is 7.92. The third-order valence-corrected chi connectivity index (χ3v) is 4.25. The summed E-state index contributed by atoms with van der Waals surface area (Å²) in [6.45, 7) is 2.54. The lowest BCUT2D eigenvalue weighted by molar-refractivity contribution is 0.158. The number of methoxy groups -OCH3 is 1. The Balaban J connectivity index is 2.17. The van der Waals surface area contributed by atoms with Crippen LogP contribution >= 0.6 is 22.9 Å². The number of rotatable bonds is 7. The predicted octanol–water partition coefficient (Wildman–Crippen LogP) is 3.63. The van der Waals surface area contributed by atoms with Crippen LogP contribution in [0.3, 0.4) is 0 Å². The van der Waals surface area contributed by atoms with Crippen molar-refractivity contribution in [2.24, 2.45) is 0 Å². The molecule has 1 aromatic carbocycles. The molecule has 0 radical (unpaired) electrons. The molecule has 0 bridgehead atoms. The van der Waals surface area contributed by atoms with Gasteiger partial charge in [0.25, 0.3) is 0 Å². The van der Waals surface area contributed by atoms with E-state index >= 15 is 0 Å². The SMILES string of the molecule is COCCN(C)Cc1ccccc1-c1nc(CCl)cs1. The van der Waals surface area contributed by atoms with Gasteiger partial charge in [0.1, 0.15) is 5.01 Å². The Morgan fingerprint density at radius 1 is 1.35 bits per heavy atom. The van der Waals surface area contributed by atoms with E-state index in [1.807, 2.05) is 5.38 Å². The van der Waals surface area contributed by atoms with Crippen molar-refractivity contribution in [3.05, 3.63) is 40.9 Å². The highest BCUT2D eigenvalue weighted by molar-refractivity contribution is 7.13. The monoisotopic (exact) mass is 310 g/mol. The first kappa shape index (κ1) is 15.4. The summed E-state index contributed by atoms with van der Waals surface area (Å²) in [5.41, 5.74) is 3.41. The van der Waals surface area contributed by atoms with Gasteiger partial charge in [-0.3, -0.25) is 4.90 Å². The van der Waals surface area contributed by atoms with E-state index in [-0.39, 0.29) is 0 Å². The van der Waals surface area contributed by atoms with Crippen LogP contribution in [-0.4, -0.2) is 37.2 Å². The second-order valence-electron chi connectivity index (χ2n) is 4.67. The number of likely N-dealkylation sites (N-methyl/N-ethyl adjacent to an activating group) is 1. The number of nitrogens with zero attached hydrogens (tertiary/aromatic N) is 2. The molecule has 1 heterocycles. The topological polar surface area (TPSA) is 25.4 Å². The van der Waals surface area contributed by atoms with Crippen LogP contribution in [-0.2, 0) is 17.2 Å². The molecule has 0 amide bonds. The van der Waals surface area contributed by atoms with Crippen LogP contribution in [0, 0.1) is 0 Å². The third-order valence-electron chi connectivity index (χ3n) is 3.05. The molecule has 0 atom stereocenters. The van der Waals surface area contributed by atoms with Gasteiger partial charge in [-0.2, -0.15) is 0 Å². The Kier molecular flexibility index (Phi) is 5.98. The highest BCUT2D eigenvalue weighted by Gasteiger charge is 2.10. The van der Waals surface area contributed by atoms with Crippen molar-refractivity contribution in [2.45, 2.75) is 12.4 Å². The van der Waals surface area contributed by atoms with Crippen molar-refractivity contribution in [3.8, 4) is 10.6 Å². The minimum atomic E-state index is 0.465. The smallest absolute Gasteiger partial charge is 0.123 e. The summed E-state index contributed by atoms with van der Waals surface area (Å²) in [4.78, 5) is 6.82. The van der Waals surface area contributed by atoms with E-state index in [1.165, 1.54) is 11.1 Å². The van der Waals surface area contributed by atoms with Crippen molar-refractivity contribution < 1.29 is 4.74 Å². The maximum atomic E-state index is 5.83. The lowest BCUT2D eigenvalue weighted by Crippen LogP contribution is -2.22. The minimum Gasteiger partial charge on any atom is -0.383 e. The van der Waals surface area contributed by atoms with Crippen molar-refractivity contribution in [1.82, 2.24) is 9.88 Å². The number of aromatic nitrogens is 1. The van der Waals surface area contributed by atoms with Crippen LogP contribution in [0.15, 0.2) is 29.6 Å². The van der Waals surface area contributed by atoms with Crippen molar-refractivity contribution in [1.29, 1.82) is 0 Å². The summed E-state index contributed by atoms with van der Waals surface area (Å²) in [6.07, 6.45) is 0. The number of halogens is 1. The van der Waals surface area contributed by atoms with Gasteiger partial charge in [0.15, 0.2) is 0 Å². The van der Waals surface area contributed by atoms with Crippen LogP contribution in [0.1, 0.15) is 11.3 Å². The van der Waals surface area contributed by atoms with Crippen molar-refractivity contribution in [2.75, 3.05) is 27.3 Å². The molecular formula is C15H19ClN2OS. The number of thiazole rings is 1. The van der Waals surface area contributed by atoms with Gasteiger partial charge in [-0.1, -0.05) is 24.3 Å². The Bertz CT molecular complexity index is 544. The van der Waals surface area contributed by atoms with Crippen LogP contribution in [0.4, 0.5) is 0 Å². The molecule has 0 saturated heterocycles. The summed E-state index contributed by atoms with van der Waals surface area (Å²) in [7, 11) is 3.83. The van der Waals surface area contributed by atoms with Gasteiger partial charge in [0.05, 0.1) is 18.2 Å². The molecule has 0 fully saturated rings. The molecule has 0 unspecified atom stereocenters. The fraction of sp³-hybridized carbons (Fsp3) is 0.400. The van der Waals surface area contributed by atoms with Gasteiger partial charge >= 0.3 is 0 Å². The van der Waals surface area contributed by atoms with Crippen LogP contribution in [0.5, 0.6) is 0 Å². The highest BCUT2D eigenvalue weighted by atomic mass is 35.5. The van der Waals surface area contributed by atoms with Crippen molar-refractivity contribution in [3.63, 3.8) is 0 Å². The Morgan fingerprint density at radius 3 is 2.85 bits per heavy atom. The van der Waals surface area contributed by atoms with Gasteiger partial charge < -0.3 is 4.74 Å². The van der Waals surface area contributed by atoms with Crippen LogP contribution in [0.25, 0.3) is 10.6 Å². The first-order chi connectivity index (χ1) is 9.74. The maximum Gasteiger partial charge on any atom is 0.123 e. The molecule has 2 rings (SSSR count). The third kappa shape index (κ3) is 4.03. The van der Waals surface area contributed by atoms with E-state index in [4.69, 9.17) is 16.3 Å². The van der Waals surface area contributed by atoms with Gasteiger partial charge in [-0.25, -0.2) is 4.98 Å². The maximum absolute atomic E-state index is 5.83. The zero-order valence-electron chi connectivity index (χ0n) is 11.8. The molecule has 0 saturated carbocycles. The van der Waals surface area contributed by atoms with Gasteiger partial charge in [0, 0.05) is 31.1 Å². The van der Waals surface area contributed by atoms with Gasteiger partial charge in [0.2, 0.25) is 0 Å². The summed E-state index contributed by atoms with van der Waals surface area (Å²) in [5.74, 6) is 0.465. The van der Waals surface area contributed by atoms with E-state index in [0.717, 1.165) is 30.4 Å². The van der Waals surface area contributed by atoms with E-state index < -0.39 is 0 Å². The molecular weight excluding hydrogens is 292 g/mol. The minimum absolute atomic E-state index is 0.465. The van der Waals surface area contributed by atoms with Gasteiger partial charge in [-0.05, 0) is 12.6 Å². The second-order valence-corrected chi connectivity index (χ2v) is 5.79. The normalized spacial score (nSPS) is 11.2. The van der Waals surface area contributed by atoms with E-state index in [0.29, 0.717) is 5.88 Å². The Labute approximate surface area is 129 Å². The molecule has 1 aromatic heterocycles. The largest absolute Gasteiger partial charge is 0.383 e. The Hall–Kier alpha value is -0.940. The molecule has 20 heavy (non-hydrogen) atoms. The average molecular weight is 311 g/mol. The Morgan fingerprint density at radius 2 is 2.15 bits per heavy atom. The zero-order valence-corrected chi connectivity index (χ0v) is 13.4. The molecule has 5 heteroatoms. The number of hydrogen-bond acceptors (Lipinski definition) is 4. The van der Waals surface area contributed by atoms with E-state index in [9.17, 15) is 0 Å². The highest BCUT2D eigenvalue weighted by Crippen LogP contribution is 2.28. The van der Waals surface area contributed by atoms with Gasteiger partial charge in [-0.15, -0.1) is 22.9 Å². The number of benzene rings is 1. The standard InChI is InChI=1S/C15H19ClN2OS/c1-18(7-8-19-2)10-12-5-3-4-6-14(12)15-17-13(9-16)11-20-15/h3-6,11H,7-10H2,1-2H3. The molecule has 0 aliphatic rings. The first-order valence-electron chi connectivity index (χ1n) is 6.50. The summed E-state index contributed by atoms with van der Waals surface area (Å²) in [5, 5.41) is 3.06. The van der Waals surface area contributed by atoms with Crippen LogP contribution in [0.2, 0.25) is 0 Å². The fourth-order valence-corrected chi connectivity index (χ4v) is 3.08. The molecule has 3 nitrogen and oxygen atoms in total. The molecule has 108 valence electrons. The molecule has 2 aromatic rings. The van der Waals surface area contributed by atoms with E-state index in [2.05, 4.69) is 41.2 Å². The lowest BCUT2D eigenvalue weighted by Gasteiger charge is -2.17. The lowest BCUT2D eigenvalue weighted by atomic mass is 10.1. The molecule has 0 spiro atoms. The quantitative estimate of drug-likeness (QED) is 0.730. The fourth-order valence-electron chi connectivity index (χ4n) is 1.98. The summed E-state index contributed by atoms with van der Waals surface area (Å²) >= 11 is 7.48. The van der Waals surface area contributed by atoms with Crippen LogP contribution < -0.4 is 0 Å². The number of hydrogen-bond donors (Lipinski definition) is 0. The second kappa shape index (κ2) is 7.74. The number of ether oxygens (including phenoxy) is 1. The van der Waals surface area contributed by atoms with E-state index in [1.54, 1.807) is 18.4 Å². The molecule has 0 N–H and O–H groups in total. The van der Waals surface area contributed by atoms with Crippen molar-refractivity contribution >= 4 is 22.9 Å². The zero-order chi connectivity index (χ0) is 14.4. The number of alkyl halides is 1. The average Bonchev–Trinajstić information content (AvgIpc) is 2.94. The molecule has 0 aliphatic heterocycles. The predicted molar refractivity (Wildman–Crippen MR) is 85.3 cm³/mol. The molecule has 0 aliphatic carbocycles.